The van der Waals surface area contributed by atoms with Gasteiger partial charge in [-0.05, 0) is 70.3 Å². The van der Waals surface area contributed by atoms with Crippen molar-refractivity contribution in [1.29, 1.82) is 0 Å². The third-order valence-electron chi connectivity index (χ3n) is 6.23. The normalized spacial score (nSPS) is 15.8. The van der Waals surface area contributed by atoms with Crippen LogP contribution in [0.25, 0.3) is 0 Å². The van der Waals surface area contributed by atoms with Crippen LogP contribution < -0.4 is 15.4 Å². The van der Waals surface area contributed by atoms with E-state index in [9.17, 15) is 0 Å². The van der Waals surface area contributed by atoms with Gasteiger partial charge in [0, 0.05) is 37.9 Å². The van der Waals surface area contributed by atoms with E-state index in [2.05, 4.69) is 53.5 Å². The smallest absolute Gasteiger partial charge is 0.191 e. The molecule has 0 bridgehead atoms. The van der Waals surface area contributed by atoms with Gasteiger partial charge in [-0.2, -0.15) is 5.10 Å². The second kappa shape index (κ2) is 11.2. The summed E-state index contributed by atoms with van der Waals surface area (Å²) in [4.78, 5) is 7.36. The highest BCUT2D eigenvalue weighted by atomic mass is 16.5. The lowest BCUT2D eigenvalue weighted by molar-refractivity contribution is 0.178. The molecule has 0 unspecified atom stereocenters. The van der Waals surface area contributed by atoms with E-state index < -0.39 is 0 Å². The van der Waals surface area contributed by atoms with Gasteiger partial charge >= 0.3 is 0 Å². The van der Waals surface area contributed by atoms with Crippen LogP contribution in [0.3, 0.4) is 0 Å². The van der Waals surface area contributed by atoms with Gasteiger partial charge in [-0.15, -0.1) is 0 Å². The Labute approximate surface area is 186 Å². The van der Waals surface area contributed by atoms with E-state index in [4.69, 9.17) is 9.73 Å². The Bertz CT molecular complexity index is 850. The Balaban J connectivity index is 1.46. The van der Waals surface area contributed by atoms with Gasteiger partial charge in [-0.1, -0.05) is 12.1 Å². The zero-order valence-corrected chi connectivity index (χ0v) is 19.7. The van der Waals surface area contributed by atoms with E-state index >= 15 is 0 Å². The molecule has 31 heavy (non-hydrogen) atoms. The summed E-state index contributed by atoms with van der Waals surface area (Å²) in [5.41, 5.74) is 4.80. The molecule has 3 rings (SSSR count). The summed E-state index contributed by atoms with van der Waals surface area (Å²) < 4.78 is 7.18. The zero-order valence-electron chi connectivity index (χ0n) is 19.7. The van der Waals surface area contributed by atoms with Crippen LogP contribution in [0.4, 0.5) is 0 Å². The number of piperidine rings is 1. The van der Waals surface area contributed by atoms with Crippen LogP contribution >= 0.6 is 0 Å². The number of aryl methyl sites for hydroxylation is 2. The lowest BCUT2D eigenvalue weighted by Gasteiger charge is -2.32. The number of benzene rings is 1. The topological polar surface area (TPSA) is 66.7 Å². The molecule has 1 aromatic heterocycles. The van der Waals surface area contributed by atoms with Crippen molar-refractivity contribution >= 4 is 5.96 Å². The fourth-order valence-corrected chi connectivity index (χ4v) is 4.12. The number of nitrogens with one attached hydrogen (secondary N) is 2. The van der Waals surface area contributed by atoms with Crippen molar-refractivity contribution in [2.24, 2.45) is 18.0 Å². The first-order chi connectivity index (χ1) is 15.0. The van der Waals surface area contributed by atoms with E-state index in [1.807, 2.05) is 23.9 Å². The zero-order chi connectivity index (χ0) is 22.2. The lowest BCUT2D eigenvalue weighted by Crippen LogP contribution is -2.42. The third-order valence-corrected chi connectivity index (χ3v) is 6.23. The van der Waals surface area contributed by atoms with E-state index in [0.29, 0.717) is 12.5 Å². The minimum Gasteiger partial charge on any atom is -0.497 e. The Morgan fingerprint density at radius 2 is 1.87 bits per heavy atom. The van der Waals surface area contributed by atoms with Gasteiger partial charge in [0.05, 0.1) is 19.3 Å². The van der Waals surface area contributed by atoms with Crippen molar-refractivity contribution in [3.8, 4) is 5.75 Å². The fourth-order valence-electron chi connectivity index (χ4n) is 4.12. The molecule has 1 aliphatic heterocycles. The predicted molar refractivity (Wildman–Crippen MR) is 126 cm³/mol. The molecule has 7 nitrogen and oxygen atoms in total. The van der Waals surface area contributed by atoms with E-state index in [-0.39, 0.29) is 0 Å². The minimum atomic E-state index is 0.654. The largest absolute Gasteiger partial charge is 0.497 e. The number of aliphatic imine (C=N–C) groups is 1. The molecule has 0 saturated carbocycles. The van der Waals surface area contributed by atoms with Crippen molar-refractivity contribution in [2.75, 3.05) is 33.3 Å². The highest BCUT2D eigenvalue weighted by molar-refractivity contribution is 5.79. The molecule has 0 amide bonds. The maximum absolute atomic E-state index is 5.25. The van der Waals surface area contributed by atoms with Crippen LogP contribution in [0, 0.1) is 19.8 Å². The van der Waals surface area contributed by atoms with Gasteiger partial charge in [0.25, 0.3) is 0 Å². The van der Waals surface area contributed by atoms with Crippen LogP contribution in [-0.4, -0.2) is 53.9 Å². The molecule has 1 saturated heterocycles. The molecule has 170 valence electrons. The monoisotopic (exact) mass is 426 g/mol. The molecule has 1 fully saturated rings. The van der Waals surface area contributed by atoms with E-state index in [1.54, 1.807) is 7.11 Å². The lowest BCUT2D eigenvalue weighted by atomic mass is 9.96. The van der Waals surface area contributed by atoms with Gasteiger partial charge in [-0.3, -0.25) is 9.58 Å². The average Bonchev–Trinajstić information content (AvgIpc) is 3.02. The summed E-state index contributed by atoms with van der Waals surface area (Å²) in [7, 11) is 3.70. The molecule has 1 aromatic carbocycles. The number of likely N-dealkylation sites (tertiary alicyclic amines) is 1. The SMILES string of the molecule is CCNC(=NCc1c(C)nn(C)c1C)NCC1CCN(Cc2ccc(OC)cc2)CC1. The summed E-state index contributed by atoms with van der Waals surface area (Å²) in [6.07, 6.45) is 2.42. The van der Waals surface area contributed by atoms with Crippen molar-refractivity contribution in [2.45, 2.75) is 46.7 Å². The molecule has 2 aromatic rings. The Kier molecular flexibility index (Phi) is 8.35. The molecular weight excluding hydrogens is 388 g/mol. The molecule has 0 radical (unpaired) electrons. The van der Waals surface area contributed by atoms with Crippen LogP contribution in [0.15, 0.2) is 29.3 Å². The van der Waals surface area contributed by atoms with Crippen molar-refractivity contribution in [3.63, 3.8) is 0 Å². The molecule has 2 heterocycles. The Morgan fingerprint density at radius 1 is 1.16 bits per heavy atom. The van der Waals surface area contributed by atoms with Gasteiger partial charge < -0.3 is 15.4 Å². The van der Waals surface area contributed by atoms with E-state index in [1.165, 1.54) is 29.7 Å². The first kappa shape index (κ1) is 23.1. The number of hydrogen-bond acceptors (Lipinski definition) is 4. The number of rotatable bonds is 8. The van der Waals surface area contributed by atoms with Crippen LogP contribution in [0.5, 0.6) is 5.75 Å². The second-order valence-electron chi connectivity index (χ2n) is 8.42. The molecule has 0 atom stereocenters. The summed E-state index contributed by atoms with van der Waals surface area (Å²) >= 11 is 0. The molecule has 0 spiro atoms. The maximum atomic E-state index is 5.25. The fraction of sp³-hybridized carbons (Fsp3) is 0.583. The van der Waals surface area contributed by atoms with Gasteiger partial charge in [0.1, 0.15) is 5.75 Å². The van der Waals surface area contributed by atoms with Crippen LogP contribution in [0.1, 0.15) is 42.3 Å². The number of aromatic nitrogens is 2. The number of hydrogen-bond donors (Lipinski definition) is 2. The quantitative estimate of drug-likeness (QED) is 0.502. The molecule has 0 aliphatic carbocycles. The first-order valence-electron chi connectivity index (χ1n) is 11.4. The van der Waals surface area contributed by atoms with Gasteiger partial charge in [0.15, 0.2) is 5.96 Å². The van der Waals surface area contributed by atoms with Gasteiger partial charge in [0.2, 0.25) is 0 Å². The number of methoxy groups -OCH3 is 1. The average molecular weight is 427 g/mol. The first-order valence-corrected chi connectivity index (χ1v) is 11.4. The summed E-state index contributed by atoms with van der Waals surface area (Å²) in [5.74, 6) is 2.49. The predicted octanol–water partition coefficient (Wildman–Crippen LogP) is 3.01. The summed E-state index contributed by atoms with van der Waals surface area (Å²) in [6.45, 7) is 12.0. The van der Waals surface area contributed by atoms with E-state index in [0.717, 1.165) is 50.1 Å². The summed E-state index contributed by atoms with van der Waals surface area (Å²) in [5, 5.41) is 11.4. The highest BCUT2D eigenvalue weighted by Gasteiger charge is 2.19. The van der Waals surface area contributed by atoms with Crippen LogP contribution in [0.2, 0.25) is 0 Å². The van der Waals surface area contributed by atoms with Crippen molar-refractivity contribution in [3.05, 3.63) is 46.8 Å². The maximum Gasteiger partial charge on any atom is 0.191 e. The standard InChI is InChI=1S/C24H38N6O/c1-6-25-24(27-16-23-18(2)28-29(4)19(23)3)26-15-20-11-13-30(14-12-20)17-21-7-9-22(31-5)10-8-21/h7-10,20H,6,11-17H2,1-5H3,(H2,25,26,27). The summed E-state index contributed by atoms with van der Waals surface area (Å²) in [6, 6.07) is 8.42. The van der Waals surface area contributed by atoms with Crippen molar-refractivity contribution < 1.29 is 4.74 Å². The second-order valence-corrected chi connectivity index (χ2v) is 8.42. The van der Waals surface area contributed by atoms with Crippen LogP contribution in [-0.2, 0) is 20.1 Å². The number of nitrogens with zero attached hydrogens (tertiary/aromatic N) is 4. The van der Waals surface area contributed by atoms with Crippen molar-refractivity contribution in [1.82, 2.24) is 25.3 Å². The minimum absolute atomic E-state index is 0.654. The third kappa shape index (κ3) is 6.47. The molecule has 7 heteroatoms. The Morgan fingerprint density at radius 3 is 2.45 bits per heavy atom. The number of ether oxygens (including phenoxy) is 1. The molecule has 1 aliphatic rings. The number of guanidine groups is 1. The molecular formula is C24H38N6O. The Hall–Kier alpha value is -2.54. The van der Waals surface area contributed by atoms with Gasteiger partial charge in [-0.25, -0.2) is 4.99 Å². The highest BCUT2D eigenvalue weighted by Crippen LogP contribution is 2.20. The molecule has 2 N–H and O–H groups in total.